The summed E-state index contributed by atoms with van der Waals surface area (Å²) in [4.78, 5) is 12.4. The van der Waals surface area contributed by atoms with Gasteiger partial charge in [-0.05, 0) is 49.2 Å². The molecule has 1 amide bonds. The summed E-state index contributed by atoms with van der Waals surface area (Å²) in [6, 6.07) is 8.27. The van der Waals surface area contributed by atoms with Gasteiger partial charge in [0, 0.05) is 11.1 Å². The van der Waals surface area contributed by atoms with E-state index in [0.717, 1.165) is 22.3 Å². The van der Waals surface area contributed by atoms with Gasteiger partial charge in [0.05, 0.1) is 27.0 Å². The fourth-order valence-corrected chi connectivity index (χ4v) is 3.36. The van der Waals surface area contributed by atoms with Gasteiger partial charge < -0.3 is 34.9 Å². The maximum Gasteiger partial charge on any atom is 0.285 e. The number of anilines is 1. The largest absolute Gasteiger partial charge is 0.495 e. The number of methoxy groups -OCH3 is 3. The molecule has 3 rings (SSSR count). The Balaban J connectivity index is 2.04. The molecule has 0 aliphatic carbocycles. The van der Waals surface area contributed by atoms with Crippen LogP contribution in [0.25, 0.3) is 22.4 Å². The number of carbonyl (C=O) groups excluding carboxylic acids is 1. The molecule has 32 heavy (non-hydrogen) atoms. The van der Waals surface area contributed by atoms with Gasteiger partial charge in [-0.3, -0.25) is 4.79 Å². The van der Waals surface area contributed by atoms with E-state index in [1.807, 2.05) is 25.1 Å². The lowest BCUT2D eigenvalue weighted by molar-refractivity contribution is -0.418. The summed E-state index contributed by atoms with van der Waals surface area (Å²) in [6.07, 6.45) is 0.650. The molecule has 3 aromatic rings. The average Bonchev–Trinajstić information content (AvgIpc) is 3.27. The molecule has 170 valence electrons. The molecule has 0 spiro atoms. The normalized spacial score (nSPS) is 12.7. The predicted molar refractivity (Wildman–Crippen MR) is 119 cm³/mol. The molecule has 1 heterocycles. The number of benzene rings is 2. The van der Waals surface area contributed by atoms with Crippen molar-refractivity contribution >= 4 is 11.6 Å². The fraction of sp³-hybridized carbons (Fsp3) is 0.304. The number of aryl methyl sites for hydroxylation is 1. The van der Waals surface area contributed by atoms with E-state index in [4.69, 9.17) is 18.7 Å². The van der Waals surface area contributed by atoms with Gasteiger partial charge in [0.25, 0.3) is 5.91 Å². The van der Waals surface area contributed by atoms with E-state index in [-0.39, 0.29) is 0 Å². The zero-order valence-electron chi connectivity index (χ0n) is 18.8. The zero-order valence-corrected chi connectivity index (χ0v) is 18.8. The number of nitrogens with one attached hydrogen (secondary N) is 1. The monoisotopic (exact) mass is 442 g/mol. The molecule has 1 aromatic heterocycles. The maximum absolute atomic E-state index is 12.4. The number of carbonyl (C=O) groups is 1. The van der Waals surface area contributed by atoms with Crippen molar-refractivity contribution in [1.82, 2.24) is 5.16 Å². The summed E-state index contributed by atoms with van der Waals surface area (Å²) in [5.74, 6) is 1.28. The van der Waals surface area contributed by atoms with Crippen molar-refractivity contribution in [2.24, 2.45) is 0 Å². The van der Waals surface area contributed by atoms with E-state index in [1.165, 1.54) is 20.3 Å². The van der Waals surface area contributed by atoms with Gasteiger partial charge in [0.2, 0.25) is 0 Å². The molecule has 0 fully saturated rings. The summed E-state index contributed by atoms with van der Waals surface area (Å²) < 4.78 is 21.6. The maximum atomic E-state index is 12.4. The van der Waals surface area contributed by atoms with Gasteiger partial charge in [-0.1, -0.05) is 11.2 Å². The lowest BCUT2D eigenvalue weighted by Crippen LogP contribution is -2.70. The van der Waals surface area contributed by atoms with Crippen LogP contribution in [0, 0.1) is 6.92 Å². The lowest BCUT2D eigenvalue weighted by atomic mass is 9.99. The number of ether oxygens (including phenoxy) is 3. The van der Waals surface area contributed by atoms with Crippen molar-refractivity contribution in [2.45, 2.75) is 26.0 Å². The van der Waals surface area contributed by atoms with Crippen LogP contribution in [-0.4, -0.2) is 49.6 Å². The third-order valence-electron chi connectivity index (χ3n) is 5.20. The molecule has 0 saturated heterocycles. The van der Waals surface area contributed by atoms with Crippen LogP contribution >= 0.6 is 0 Å². The third-order valence-corrected chi connectivity index (χ3v) is 5.20. The van der Waals surface area contributed by atoms with Crippen molar-refractivity contribution in [2.75, 3.05) is 26.6 Å². The van der Waals surface area contributed by atoms with Crippen LogP contribution in [0.15, 0.2) is 41.1 Å². The minimum Gasteiger partial charge on any atom is -0.495 e. The van der Waals surface area contributed by atoms with Gasteiger partial charge in [0.1, 0.15) is 23.8 Å². The second-order valence-corrected chi connectivity index (χ2v) is 7.36. The lowest BCUT2D eigenvalue weighted by Gasteiger charge is -2.15. The first-order chi connectivity index (χ1) is 15.3. The Morgan fingerprint density at radius 1 is 1.09 bits per heavy atom. The number of quaternary nitrogens is 1. The number of amides is 1. The first-order valence-electron chi connectivity index (χ1n) is 9.98. The minimum atomic E-state index is -0.887. The number of nitrogens with zero attached hydrogens (tertiary/aromatic N) is 1. The van der Waals surface area contributed by atoms with Gasteiger partial charge in [-0.2, -0.15) is 0 Å². The zero-order chi connectivity index (χ0) is 23.4. The molecule has 0 aliphatic heterocycles. The van der Waals surface area contributed by atoms with Gasteiger partial charge in [-0.15, -0.1) is 0 Å². The second kappa shape index (κ2) is 9.71. The summed E-state index contributed by atoms with van der Waals surface area (Å²) in [6.45, 7) is 3.43. The molecule has 0 aliphatic rings. The summed E-state index contributed by atoms with van der Waals surface area (Å²) in [7, 11) is 4.68. The molecule has 2 atom stereocenters. The first-order valence-corrected chi connectivity index (χ1v) is 9.98. The molecule has 9 heteroatoms. The van der Waals surface area contributed by atoms with E-state index in [0.29, 0.717) is 28.6 Å². The summed E-state index contributed by atoms with van der Waals surface area (Å²) >= 11 is 0. The Morgan fingerprint density at radius 2 is 1.81 bits per heavy atom. The molecule has 0 saturated carbocycles. The van der Waals surface area contributed by atoms with Crippen molar-refractivity contribution in [3.63, 3.8) is 0 Å². The Morgan fingerprint density at radius 3 is 2.44 bits per heavy atom. The van der Waals surface area contributed by atoms with Crippen molar-refractivity contribution in [1.29, 1.82) is 0 Å². The number of hydrogen-bond donors (Lipinski definition) is 3. The summed E-state index contributed by atoms with van der Waals surface area (Å²) in [5, 5.41) is 16.6. The Hall–Kier alpha value is -3.56. The second-order valence-electron chi connectivity index (χ2n) is 7.36. The number of aliphatic hydroxyl groups is 1. The van der Waals surface area contributed by atoms with Crippen LogP contribution in [0.2, 0.25) is 0 Å². The number of aromatic nitrogens is 1. The summed E-state index contributed by atoms with van der Waals surface area (Å²) in [5.41, 5.74) is 7.90. The van der Waals surface area contributed by atoms with E-state index >= 15 is 0 Å². The highest BCUT2D eigenvalue weighted by atomic mass is 16.5. The van der Waals surface area contributed by atoms with Crippen LogP contribution < -0.4 is 25.3 Å². The molecule has 0 radical (unpaired) electrons. The molecular formula is C23H28N3O6+. The predicted octanol–water partition coefficient (Wildman–Crippen LogP) is 2.27. The Bertz CT molecular complexity index is 1110. The van der Waals surface area contributed by atoms with Crippen LogP contribution in [-0.2, 0) is 4.79 Å². The highest BCUT2D eigenvalue weighted by Crippen LogP contribution is 2.40. The van der Waals surface area contributed by atoms with Gasteiger partial charge in [-0.25, -0.2) is 0 Å². The van der Waals surface area contributed by atoms with Crippen molar-refractivity contribution in [3.05, 3.63) is 42.2 Å². The van der Waals surface area contributed by atoms with Crippen LogP contribution in [0.5, 0.6) is 17.2 Å². The molecule has 2 aromatic carbocycles. The number of hydrogen-bond acceptors (Lipinski definition) is 7. The van der Waals surface area contributed by atoms with Crippen LogP contribution in [0.1, 0.15) is 12.5 Å². The SMILES string of the molecule is COc1ccc(-c2conc2-c2cc(C)c(OC)c(OC)c2)cc1NC(=O)C([NH3+])C(C)O. The van der Waals surface area contributed by atoms with Crippen molar-refractivity contribution in [3.8, 4) is 39.6 Å². The average molecular weight is 442 g/mol. The van der Waals surface area contributed by atoms with E-state index in [2.05, 4.69) is 16.2 Å². The highest BCUT2D eigenvalue weighted by Gasteiger charge is 2.24. The Labute approximate surface area is 186 Å². The molecule has 2 unspecified atom stereocenters. The van der Waals surface area contributed by atoms with Crippen LogP contribution in [0.3, 0.4) is 0 Å². The highest BCUT2D eigenvalue weighted by molar-refractivity contribution is 5.96. The van der Waals surface area contributed by atoms with Gasteiger partial charge in [0.15, 0.2) is 17.5 Å². The Kier molecular flexibility index (Phi) is 7.01. The number of rotatable bonds is 8. The number of aliphatic hydroxyl groups excluding tert-OH is 1. The molecule has 0 bridgehead atoms. The first kappa shape index (κ1) is 23.1. The molecule has 9 nitrogen and oxygen atoms in total. The van der Waals surface area contributed by atoms with E-state index in [1.54, 1.807) is 26.4 Å². The van der Waals surface area contributed by atoms with Gasteiger partial charge >= 0.3 is 0 Å². The topological polar surface area (TPSA) is 131 Å². The smallest absolute Gasteiger partial charge is 0.285 e. The standard InChI is InChI=1S/C23H27N3O6/c1-12-8-15(10-19(30-4)22(12)31-5)21-16(11-32-26-21)14-6-7-18(29-3)17(9-14)25-23(28)20(24)13(2)27/h6-11,13,20,27H,24H2,1-5H3,(H,25,28)/p+1. The van der Waals surface area contributed by atoms with Crippen LogP contribution in [0.4, 0.5) is 5.69 Å². The fourth-order valence-electron chi connectivity index (χ4n) is 3.36. The molecule has 5 N–H and O–H groups in total. The van der Waals surface area contributed by atoms with E-state index < -0.39 is 18.1 Å². The van der Waals surface area contributed by atoms with Crippen molar-refractivity contribution < 1.29 is 34.4 Å². The molecular weight excluding hydrogens is 414 g/mol. The quantitative estimate of drug-likeness (QED) is 0.488. The minimum absolute atomic E-state index is 0.420. The third kappa shape index (κ3) is 4.53. The van der Waals surface area contributed by atoms with E-state index in [9.17, 15) is 9.90 Å².